The predicted octanol–water partition coefficient (Wildman–Crippen LogP) is 2.18. The zero-order valence-electron chi connectivity index (χ0n) is 12.6. The molecule has 1 aromatic rings. The first-order chi connectivity index (χ1) is 9.40. The molecule has 1 amide bonds. The Bertz CT molecular complexity index is 459. The number of likely N-dealkylation sites (N-methyl/N-ethyl adjacent to an activating group) is 2. The number of amides is 1. The lowest BCUT2D eigenvalue weighted by Gasteiger charge is -2.26. The molecular weight excluding hydrogens is 259 g/mol. The monoisotopic (exact) mass is 282 g/mol. The Balaban J connectivity index is 2.92. The molecule has 0 saturated heterocycles. The van der Waals surface area contributed by atoms with Gasteiger partial charge in [-0.25, -0.2) is 4.39 Å². The number of aliphatic hydroxyl groups excluding tert-OH is 1. The number of anilines is 1. The first-order valence-corrected chi connectivity index (χ1v) is 6.87. The van der Waals surface area contributed by atoms with Crippen molar-refractivity contribution in [3.05, 3.63) is 29.6 Å². The molecule has 112 valence electrons. The second kappa shape index (κ2) is 7.24. The Hall–Kier alpha value is -1.62. The number of hydrogen-bond acceptors (Lipinski definition) is 3. The highest BCUT2D eigenvalue weighted by molar-refractivity contribution is 5.81. The molecule has 4 nitrogen and oxygen atoms in total. The van der Waals surface area contributed by atoms with Crippen molar-refractivity contribution >= 4 is 11.6 Å². The molecule has 0 aromatic heterocycles. The van der Waals surface area contributed by atoms with Crippen LogP contribution in [0.15, 0.2) is 18.2 Å². The molecule has 20 heavy (non-hydrogen) atoms. The van der Waals surface area contributed by atoms with Crippen LogP contribution in [0, 0.1) is 5.82 Å². The summed E-state index contributed by atoms with van der Waals surface area (Å²) in [4.78, 5) is 15.6. The third-order valence-corrected chi connectivity index (χ3v) is 3.34. The molecular formula is C15H23FN2O2. The summed E-state index contributed by atoms with van der Waals surface area (Å²) < 4.78 is 13.3. The van der Waals surface area contributed by atoms with Gasteiger partial charge in [-0.3, -0.25) is 4.79 Å². The highest BCUT2D eigenvalue weighted by atomic mass is 19.1. The number of rotatable bonds is 6. The molecule has 0 radical (unpaired) electrons. The molecule has 0 fully saturated rings. The van der Waals surface area contributed by atoms with Gasteiger partial charge in [-0.15, -0.1) is 0 Å². The van der Waals surface area contributed by atoms with Crippen molar-refractivity contribution in [1.29, 1.82) is 0 Å². The van der Waals surface area contributed by atoms with Crippen molar-refractivity contribution in [2.24, 2.45) is 0 Å². The van der Waals surface area contributed by atoms with Crippen LogP contribution in [-0.2, 0) is 4.79 Å². The van der Waals surface area contributed by atoms with E-state index in [0.717, 1.165) is 0 Å². The van der Waals surface area contributed by atoms with Crippen molar-refractivity contribution in [2.75, 3.05) is 31.6 Å². The summed E-state index contributed by atoms with van der Waals surface area (Å²) in [7, 11) is 1.76. The maximum absolute atomic E-state index is 13.3. The van der Waals surface area contributed by atoms with Gasteiger partial charge in [-0.2, -0.15) is 0 Å². The minimum absolute atomic E-state index is 0.0124. The fourth-order valence-corrected chi connectivity index (χ4v) is 2.17. The topological polar surface area (TPSA) is 43.8 Å². The molecule has 0 aliphatic rings. The molecule has 0 saturated carbocycles. The SMILES string of the molecule is CCN(CC)C(=O)CN(C)c1ccc(F)cc1[C@H](C)O. The van der Waals surface area contributed by atoms with Crippen LogP contribution < -0.4 is 4.90 Å². The zero-order valence-corrected chi connectivity index (χ0v) is 12.6. The van der Waals surface area contributed by atoms with Gasteiger partial charge in [0.05, 0.1) is 12.6 Å². The van der Waals surface area contributed by atoms with Gasteiger partial charge in [0.25, 0.3) is 0 Å². The van der Waals surface area contributed by atoms with E-state index in [9.17, 15) is 14.3 Å². The van der Waals surface area contributed by atoms with E-state index in [1.807, 2.05) is 13.8 Å². The minimum atomic E-state index is -0.785. The Labute approximate surface area is 119 Å². The summed E-state index contributed by atoms with van der Waals surface area (Å²) in [5.41, 5.74) is 1.15. The van der Waals surface area contributed by atoms with Crippen molar-refractivity contribution in [3.8, 4) is 0 Å². The third-order valence-electron chi connectivity index (χ3n) is 3.34. The largest absolute Gasteiger partial charge is 0.389 e. The van der Waals surface area contributed by atoms with Crippen LogP contribution in [0.25, 0.3) is 0 Å². The van der Waals surface area contributed by atoms with Gasteiger partial charge in [-0.1, -0.05) is 0 Å². The van der Waals surface area contributed by atoms with E-state index < -0.39 is 11.9 Å². The maximum Gasteiger partial charge on any atom is 0.242 e. The second-order valence-corrected chi connectivity index (χ2v) is 4.80. The first kappa shape index (κ1) is 16.4. The van der Waals surface area contributed by atoms with Crippen LogP contribution in [-0.4, -0.2) is 42.6 Å². The summed E-state index contributed by atoms with van der Waals surface area (Å²) in [6.07, 6.45) is -0.785. The van der Waals surface area contributed by atoms with E-state index >= 15 is 0 Å². The lowest BCUT2D eigenvalue weighted by atomic mass is 10.1. The molecule has 1 N–H and O–H groups in total. The van der Waals surface area contributed by atoms with Gasteiger partial charge in [0.1, 0.15) is 5.82 Å². The van der Waals surface area contributed by atoms with E-state index in [0.29, 0.717) is 24.3 Å². The average Bonchev–Trinajstić information content (AvgIpc) is 2.39. The first-order valence-electron chi connectivity index (χ1n) is 6.87. The fourth-order valence-electron chi connectivity index (χ4n) is 2.17. The molecule has 1 atom stereocenters. The zero-order chi connectivity index (χ0) is 15.3. The summed E-state index contributed by atoms with van der Waals surface area (Å²) in [5, 5.41) is 9.72. The molecule has 1 rings (SSSR count). The smallest absolute Gasteiger partial charge is 0.242 e. The Kier molecular flexibility index (Phi) is 5.95. The van der Waals surface area contributed by atoms with Crippen LogP contribution in [0.5, 0.6) is 0 Å². The number of carbonyl (C=O) groups is 1. The van der Waals surface area contributed by atoms with Crippen LogP contribution in [0.3, 0.4) is 0 Å². The van der Waals surface area contributed by atoms with E-state index in [2.05, 4.69) is 0 Å². The Morgan fingerprint density at radius 2 is 1.95 bits per heavy atom. The number of benzene rings is 1. The molecule has 0 aliphatic carbocycles. The van der Waals surface area contributed by atoms with Gasteiger partial charge >= 0.3 is 0 Å². The Morgan fingerprint density at radius 1 is 1.35 bits per heavy atom. The molecule has 1 aromatic carbocycles. The molecule has 0 bridgehead atoms. The van der Waals surface area contributed by atoms with E-state index in [-0.39, 0.29) is 12.5 Å². The third kappa shape index (κ3) is 3.93. The quantitative estimate of drug-likeness (QED) is 0.870. The number of carbonyl (C=O) groups excluding carboxylic acids is 1. The normalized spacial score (nSPS) is 12.1. The second-order valence-electron chi connectivity index (χ2n) is 4.80. The summed E-state index contributed by atoms with van der Waals surface area (Å²) in [6, 6.07) is 4.23. The summed E-state index contributed by atoms with van der Waals surface area (Å²) in [5.74, 6) is -0.383. The molecule has 0 spiro atoms. The van der Waals surface area contributed by atoms with Gasteiger partial charge in [0.15, 0.2) is 0 Å². The van der Waals surface area contributed by atoms with Crippen molar-refractivity contribution in [1.82, 2.24) is 4.90 Å². The molecule has 5 heteroatoms. The van der Waals surface area contributed by atoms with E-state index in [1.54, 1.807) is 29.8 Å². The van der Waals surface area contributed by atoms with Gasteiger partial charge in [0, 0.05) is 31.4 Å². The lowest BCUT2D eigenvalue weighted by Crippen LogP contribution is -2.39. The number of aliphatic hydroxyl groups is 1. The van der Waals surface area contributed by atoms with Gasteiger partial charge < -0.3 is 14.9 Å². The summed E-state index contributed by atoms with van der Waals surface area (Å²) >= 11 is 0. The van der Waals surface area contributed by atoms with Crippen molar-refractivity contribution in [2.45, 2.75) is 26.9 Å². The van der Waals surface area contributed by atoms with E-state index in [4.69, 9.17) is 0 Å². The van der Waals surface area contributed by atoms with Crippen LogP contribution in [0.1, 0.15) is 32.4 Å². The maximum atomic E-state index is 13.3. The van der Waals surface area contributed by atoms with E-state index in [1.165, 1.54) is 12.1 Å². The van der Waals surface area contributed by atoms with Crippen LogP contribution in [0.4, 0.5) is 10.1 Å². The number of hydrogen-bond donors (Lipinski definition) is 1. The molecule has 0 heterocycles. The number of nitrogens with zero attached hydrogens (tertiary/aromatic N) is 2. The standard InChI is InChI=1S/C15H23FN2O2/c1-5-18(6-2)15(20)10-17(4)14-8-7-12(16)9-13(14)11(3)19/h7-9,11,19H,5-6,10H2,1-4H3/t11-/m0/s1. The van der Waals surface area contributed by atoms with Crippen LogP contribution in [0.2, 0.25) is 0 Å². The molecule has 0 aliphatic heterocycles. The van der Waals surface area contributed by atoms with Crippen LogP contribution >= 0.6 is 0 Å². The average molecular weight is 282 g/mol. The molecule has 0 unspecified atom stereocenters. The lowest BCUT2D eigenvalue weighted by molar-refractivity contribution is -0.129. The fraction of sp³-hybridized carbons (Fsp3) is 0.533. The minimum Gasteiger partial charge on any atom is -0.389 e. The van der Waals surface area contributed by atoms with Crippen molar-refractivity contribution in [3.63, 3.8) is 0 Å². The predicted molar refractivity (Wildman–Crippen MR) is 78.2 cm³/mol. The summed E-state index contributed by atoms with van der Waals surface area (Å²) in [6.45, 7) is 6.97. The van der Waals surface area contributed by atoms with Gasteiger partial charge in [0.2, 0.25) is 5.91 Å². The highest BCUT2D eigenvalue weighted by Gasteiger charge is 2.17. The van der Waals surface area contributed by atoms with Crippen molar-refractivity contribution < 1.29 is 14.3 Å². The number of halogens is 1. The van der Waals surface area contributed by atoms with Gasteiger partial charge in [-0.05, 0) is 39.0 Å². The Morgan fingerprint density at radius 3 is 2.45 bits per heavy atom. The highest BCUT2D eigenvalue weighted by Crippen LogP contribution is 2.26.